The Morgan fingerprint density at radius 2 is 1.28 bits per heavy atom. The maximum Gasteiger partial charge on any atom is 0.238 e. The molecule has 0 saturated carbocycles. The van der Waals surface area contributed by atoms with Crippen molar-refractivity contribution in [1.82, 2.24) is 10.6 Å². The fourth-order valence-corrected chi connectivity index (χ4v) is 1.59. The molecule has 0 saturated heterocycles. The molecule has 6 heteroatoms. The number of amides is 1. The maximum absolute atomic E-state index is 11.2. The van der Waals surface area contributed by atoms with Gasteiger partial charge in [0.25, 0.3) is 0 Å². The molecule has 194 valence electrons. The molecule has 2 N–H and O–H groups in total. The first-order valence-corrected chi connectivity index (χ1v) is 12.4. The summed E-state index contributed by atoms with van der Waals surface area (Å²) in [5, 5.41) is 5.86. The molecule has 0 atom stereocenters. The molecule has 0 aromatic heterocycles. The van der Waals surface area contributed by atoms with Crippen molar-refractivity contribution in [1.29, 1.82) is 0 Å². The van der Waals surface area contributed by atoms with Crippen LogP contribution in [0.1, 0.15) is 88.5 Å². The van der Waals surface area contributed by atoms with E-state index in [0.29, 0.717) is 33.0 Å². The van der Waals surface area contributed by atoms with Gasteiger partial charge in [0.1, 0.15) is 0 Å². The molecule has 0 bridgehead atoms. The molecule has 0 heterocycles. The molecule has 0 unspecified atom stereocenters. The van der Waals surface area contributed by atoms with E-state index in [9.17, 15) is 4.79 Å². The highest BCUT2D eigenvalue weighted by Crippen LogP contribution is 1.96. The minimum absolute atomic E-state index is 0.0344. The van der Waals surface area contributed by atoms with E-state index in [1.165, 1.54) is 6.42 Å². The summed E-state index contributed by atoms with van der Waals surface area (Å²) in [5.41, 5.74) is 2.09. The fourth-order valence-electron chi connectivity index (χ4n) is 1.59. The predicted molar refractivity (Wildman–Crippen MR) is 140 cm³/mol. The van der Waals surface area contributed by atoms with E-state index in [-0.39, 0.29) is 5.91 Å². The quantitative estimate of drug-likeness (QED) is 0.236. The summed E-state index contributed by atoms with van der Waals surface area (Å²) >= 11 is 0. The van der Waals surface area contributed by atoms with Gasteiger partial charge in [-0.2, -0.15) is 0 Å². The van der Waals surface area contributed by atoms with Crippen LogP contribution >= 0.6 is 0 Å². The van der Waals surface area contributed by atoms with Crippen LogP contribution in [0.25, 0.3) is 0 Å². The molecule has 0 radical (unpaired) electrons. The average Bonchev–Trinajstić information content (AvgIpc) is 2.80. The zero-order valence-electron chi connectivity index (χ0n) is 23.1. The Labute approximate surface area is 200 Å². The SMILES string of the molecule is C/C=C/C.CC.CCCCOCCOCCOCC.CCCNCC(=O)NC(C)=C(C)C. The summed E-state index contributed by atoms with van der Waals surface area (Å²) in [5.74, 6) is 0.0344. The molecular weight excluding hydrogens is 404 g/mol. The van der Waals surface area contributed by atoms with Crippen LogP contribution < -0.4 is 10.6 Å². The Bertz CT molecular complexity index is 393. The third-order valence-electron chi connectivity index (χ3n) is 3.71. The van der Waals surface area contributed by atoms with Gasteiger partial charge in [0.05, 0.1) is 33.0 Å². The van der Waals surface area contributed by atoms with Gasteiger partial charge in [-0.25, -0.2) is 0 Å². The lowest BCUT2D eigenvalue weighted by molar-refractivity contribution is -0.119. The second kappa shape index (κ2) is 37.1. The monoisotopic (exact) mass is 460 g/mol. The zero-order valence-corrected chi connectivity index (χ0v) is 23.1. The van der Waals surface area contributed by atoms with E-state index in [4.69, 9.17) is 14.2 Å². The van der Waals surface area contributed by atoms with E-state index in [1.807, 2.05) is 67.5 Å². The van der Waals surface area contributed by atoms with Crippen molar-refractivity contribution < 1.29 is 19.0 Å². The van der Waals surface area contributed by atoms with Crippen molar-refractivity contribution in [3.05, 3.63) is 23.4 Å². The van der Waals surface area contributed by atoms with Crippen molar-refractivity contribution in [3.8, 4) is 0 Å². The van der Waals surface area contributed by atoms with Crippen molar-refractivity contribution in [2.75, 3.05) is 52.7 Å². The Kier molecular flexibility index (Phi) is 44.2. The first-order valence-electron chi connectivity index (χ1n) is 12.4. The number of nitrogens with one attached hydrogen (secondary N) is 2. The van der Waals surface area contributed by atoms with E-state index in [2.05, 4.69) is 24.5 Å². The van der Waals surface area contributed by atoms with Crippen LogP contribution in [-0.2, 0) is 19.0 Å². The number of rotatable bonds is 15. The number of unbranched alkanes of at least 4 members (excludes halogenated alkanes) is 1. The minimum Gasteiger partial charge on any atom is -0.379 e. The predicted octanol–water partition coefficient (Wildman–Crippen LogP) is 5.88. The summed E-state index contributed by atoms with van der Waals surface area (Å²) in [7, 11) is 0. The van der Waals surface area contributed by atoms with Crippen LogP contribution in [0.5, 0.6) is 0 Å². The minimum atomic E-state index is 0.0344. The Morgan fingerprint density at radius 3 is 1.69 bits per heavy atom. The van der Waals surface area contributed by atoms with Crippen molar-refractivity contribution >= 4 is 5.91 Å². The lowest BCUT2D eigenvalue weighted by Crippen LogP contribution is -2.33. The standard InChI is InChI=1S/C10H20N2O.C10H22O3.C4H8.C2H6/c1-5-6-11-7-10(13)12-9(4)8(2)3;1-3-5-6-12-9-10-13-8-7-11-4-2;1-3-4-2;1-2/h11H,5-7H2,1-4H3,(H,12,13);3-10H2,1-2H3;3-4H,1-2H3;1-2H3/b;;4-3+;. The normalized spacial score (nSPS) is 9.56. The maximum atomic E-state index is 11.2. The summed E-state index contributed by atoms with van der Waals surface area (Å²) in [6, 6.07) is 0. The van der Waals surface area contributed by atoms with Gasteiger partial charge >= 0.3 is 0 Å². The molecule has 0 aromatic rings. The summed E-state index contributed by atoms with van der Waals surface area (Å²) in [4.78, 5) is 11.2. The van der Waals surface area contributed by atoms with Crippen molar-refractivity contribution in [3.63, 3.8) is 0 Å². The van der Waals surface area contributed by atoms with E-state index < -0.39 is 0 Å². The van der Waals surface area contributed by atoms with Crippen LogP contribution in [0.4, 0.5) is 0 Å². The van der Waals surface area contributed by atoms with Gasteiger partial charge in [-0.3, -0.25) is 4.79 Å². The van der Waals surface area contributed by atoms with Crippen LogP contribution in [0, 0.1) is 0 Å². The first kappa shape index (κ1) is 38.1. The van der Waals surface area contributed by atoms with Gasteiger partial charge in [-0.15, -0.1) is 0 Å². The van der Waals surface area contributed by atoms with Gasteiger partial charge < -0.3 is 24.8 Å². The molecule has 0 fully saturated rings. The lowest BCUT2D eigenvalue weighted by Gasteiger charge is -2.07. The molecule has 1 amide bonds. The van der Waals surface area contributed by atoms with Crippen LogP contribution in [0.3, 0.4) is 0 Å². The molecule has 6 nitrogen and oxygen atoms in total. The molecule has 0 aliphatic heterocycles. The van der Waals surface area contributed by atoms with Gasteiger partial charge in [0.2, 0.25) is 5.91 Å². The smallest absolute Gasteiger partial charge is 0.238 e. The molecule has 0 aliphatic rings. The summed E-state index contributed by atoms with van der Waals surface area (Å²) < 4.78 is 15.7. The Balaban J connectivity index is -0.000000197. The number of allylic oxidation sites excluding steroid dienone is 4. The molecular formula is C26H56N2O4. The Morgan fingerprint density at radius 1 is 0.781 bits per heavy atom. The van der Waals surface area contributed by atoms with Crippen molar-refractivity contribution in [2.45, 2.75) is 88.5 Å². The average molecular weight is 461 g/mol. The second-order valence-corrected chi connectivity index (χ2v) is 6.79. The van der Waals surface area contributed by atoms with E-state index in [1.54, 1.807) is 0 Å². The summed E-state index contributed by atoms with van der Waals surface area (Å²) in [6.07, 6.45) is 7.37. The largest absolute Gasteiger partial charge is 0.379 e. The lowest BCUT2D eigenvalue weighted by atomic mass is 10.3. The second-order valence-electron chi connectivity index (χ2n) is 6.79. The molecule has 0 aromatic carbocycles. The highest BCUT2D eigenvalue weighted by Gasteiger charge is 2.00. The number of hydrogen-bond acceptors (Lipinski definition) is 5. The van der Waals surface area contributed by atoms with Crippen molar-refractivity contribution in [2.24, 2.45) is 0 Å². The molecule has 0 rings (SSSR count). The highest BCUT2D eigenvalue weighted by atomic mass is 16.5. The third-order valence-corrected chi connectivity index (χ3v) is 3.71. The highest BCUT2D eigenvalue weighted by molar-refractivity contribution is 5.79. The number of carbonyl (C=O) groups excluding carboxylic acids is 1. The number of hydrogen-bond donors (Lipinski definition) is 2. The molecule has 32 heavy (non-hydrogen) atoms. The van der Waals surface area contributed by atoms with Gasteiger partial charge in [-0.05, 0) is 60.9 Å². The first-order chi connectivity index (χ1) is 15.4. The summed E-state index contributed by atoms with van der Waals surface area (Å²) in [6.45, 7) is 25.7. The van der Waals surface area contributed by atoms with Crippen LogP contribution in [0.2, 0.25) is 0 Å². The number of ether oxygens (including phenoxy) is 3. The van der Waals surface area contributed by atoms with E-state index in [0.717, 1.165) is 43.9 Å². The van der Waals surface area contributed by atoms with E-state index >= 15 is 0 Å². The van der Waals surface area contributed by atoms with Crippen LogP contribution in [0.15, 0.2) is 23.4 Å². The number of carbonyl (C=O) groups is 1. The fraction of sp³-hybridized carbons (Fsp3) is 0.808. The molecule has 0 spiro atoms. The van der Waals surface area contributed by atoms with Gasteiger partial charge in [0, 0.05) is 18.9 Å². The zero-order chi connectivity index (χ0) is 25.5. The Hall–Kier alpha value is -1.21. The van der Waals surface area contributed by atoms with Gasteiger partial charge in [0.15, 0.2) is 0 Å². The third kappa shape index (κ3) is 42.8. The van der Waals surface area contributed by atoms with Gasteiger partial charge in [-0.1, -0.05) is 51.8 Å². The topological polar surface area (TPSA) is 68.8 Å². The van der Waals surface area contributed by atoms with Crippen LogP contribution in [-0.4, -0.2) is 58.6 Å². The molecule has 0 aliphatic carbocycles.